The summed E-state index contributed by atoms with van der Waals surface area (Å²) in [5.41, 5.74) is -4.61. The lowest BCUT2D eigenvalue weighted by atomic mass is 10.1. The second kappa shape index (κ2) is 6.89. The van der Waals surface area contributed by atoms with Gasteiger partial charge in [0.1, 0.15) is 11.4 Å². The second-order valence-corrected chi connectivity index (χ2v) is 5.45. The topological polar surface area (TPSA) is 77.8 Å². The summed E-state index contributed by atoms with van der Waals surface area (Å²) in [6.45, 7) is 0. The van der Waals surface area contributed by atoms with Crippen LogP contribution in [0.15, 0.2) is 21.6 Å². The standard InChI is InChI=1S/C16H2F8N4O2/c17-5-3(6(18)14(22)27-13(5)21)9-11(29-1-25-9)12-10(26-2-30-12)4-7(19)15(23)28-16(24)8(4)20/h1-2H. The molecule has 0 aliphatic carbocycles. The molecule has 0 unspecified atom stereocenters. The summed E-state index contributed by atoms with van der Waals surface area (Å²) in [6, 6.07) is 0. The van der Waals surface area contributed by atoms with E-state index in [2.05, 4.69) is 19.9 Å². The van der Waals surface area contributed by atoms with Crippen molar-refractivity contribution in [3.63, 3.8) is 0 Å². The molecule has 154 valence electrons. The van der Waals surface area contributed by atoms with Crippen molar-refractivity contribution < 1.29 is 44.0 Å². The van der Waals surface area contributed by atoms with Gasteiger partial charge in [-0.25, -0.2) is 27.5 Å². The molecular formula is C16H2F8N4O2. The van der Waals surface area contributed by atoms with E-state index >= 15 is 0 Å². The van der Waals surface area contributed by atoms with Gasteiger partial charge in [-0.15, -0.1) is 0 Å². The molecule has 4 heterocycles. The maximum Gasteiger partial charge on any atom is 0.252 e. The zero-order valence-electron chi connectivity index (χ0n) is 13.8. The average molecular weight is 434 g/mol. The third-order valence-corrected chi connectivity index (χ3v) is 3.81. The van der Waals surface area contributed by atoms with Gasteiger partial charge in [0.2, 0.25) is 0 Å². The van der Waals surface area contributed by atoms with Crippen LogP contribution in [0.3, 0.4) is 0 Å². The van der Waals surface area contributed by atoms with Crippen molar-refractivity contribution in [3.8, 4) is 34.0 Å². The minimum atomic E-state index is -2.02. The quantitative estimate of drug-likeness (QED) is 0.348. The van der Waals surface area contributed by atoms with Gasteiger partial charge in [-0.3, -0.25) is 0 Å². The van der Waals surface area contributed by atoms with Crippen LogP contribution in [0.2, 0.25) is 0 Å². The molecule has 0 radical (unpaired) electrons. The summed E-state index contributed by atoms with van der Waals surface area (Å²) in [4.78, 5) is 11.6. The highest BCUT2D eigenvalue weighted by Gasteiger charge is 2.32. The average Bonchev–Trinajstić information content (AvgIpc) is 3.35. The van der Waals surface area contributed by atoms with Gasteiger partial charge in [0.25, 0.3) is 23.8 Å². The molecule has 0 amide bonds. The number of halogens is 8. The van der Waals surface area contributed by atoms with E-state index in [9.17, 15) is 35.1 Å². The number of oxazole rings is 2. The molecule has 0 saturated carbocycles. The lowest BCUT2D eigenvalue weighted by Crippen LogP contribution is -2.05. The van der Waals surface area contributed by atoms with Crippen molar-refractivity contribution in [1.29, 1.82) is 0 Å². The first-order chi connectivity index (χ1) is 14.2. The van der Waals surface area contributed by atoms with Crippen molar-refractivity contribution in [1.82, 2.24) is 19.9 Å². The lowest BCUT2D eigenvalue weighted by Gasteiger charge is -2.07. The minimum absolute atomic E-state index is 0.548. The number of pyridine rings is 2. The van der Waals surface area contributed by atoms with Crippen molar-refractivity contribution in [2.24, 2.45) is 0 Å². The summed E-state index contributed by atoms with van der Waals surface area (Å²) in [6.07, 6.45) is 1.10. The molecule has 0 bridgehead atoms. The number of aromatic nitrogens is 4. The number of rotatable bonds is 3. The normalized spacial score (nSPS) is 11.3. The number of hydrogen-bond donors (Lipinski definition) is 0. The second-order valence-electron chi connectivity index (χ2n) is 5.45. The maximum atomic E-state index is 14.1. The molecule has 4 aromatic heterocycles. The highest BCUT2D eigenvalue weighted by molar-refractivity contribution is 5.82. The van der Waals surface area contributed by atoms with Gasteiger partial charge in [-0.2, -0.15) is 27.5 Å². The molecule has 0 aliphatic heterocycles. The Balaban J connectivity index is 1.99. The van der Waals surface area contributed by atoms with E-state index in [1.54, 1.807) is 0 Å². The Morgan fingerprint density at radius 1 is 0.500 bits per heavy atom. The van der Waals surface area contributed by atoms with E-state index in [1.807, 2.05) is 0 Å². The van der Waals surface area contributed by atoms with Gasteiger partial charge in [-0.1, -0.05) is 0 Å². The molecule has 0 aliphatic rings. The molecule has 30 heavy (non-hydrogen) atoms. The van der Waals surface area contributed by atoms with Crippen LogP contribution in [0.25, 0.3) is 34.0 Å². The summed E-state index contributed by atoms with van der Waals surface area (Å²) < 4.78 is 120. The van der Waals surface area contributed by atoms with E-state index in [4.69, 9.17) is 8.83 Å². The molecule has 4 rings (SSSR count). The van der Waals surface area contributed by atoms with Gasteiger partial charge in [0, 0.05) is 0 Å². The lowest BCUT2D eigenvalue weighted by molar-refractivity contribution is 0.410. The van der Waals surface area contributed by atoms with Crippen LogP contribution in [0.5, 0.6) is 0 Å². The van der Waals surface area contributed by atoms with Crippen molar-refractivity contribution in [2.75, 3.05) is 0 Å². The maximum absolute atomic E-state index is 14.1. The van der Waals surface area contributed by atoms with E-state index in [0.29, 0.717) is 12.8 Å². The molecule has 14 heteroatoms. The zero-order chi connectivity index (χ0) is 21.7. The van der Waals surface area contributed by atoms with E-state index < -0.39 is 81.1 Å². The molecule has 0 aromatic carbocycles. The number of nitrogens with zero attached hydrogens (tertiary/aromatic N) is 4. The fraction of sp³-hybridized carbons (Fsp3) is 0. The molecule has 0 spiro atoms. The predicted molar refractivity (Wildman–Crippen MR) is 78.1 cm³/mol. The van der Waals surface area contributed by atoms with E-state index in [1.165, 1.54) is 0 Å². The van der Waals surface area contributed by atoms with Crippen LogP contribution in [0.1, 0.15) is 0 Å². The first kappa shape index (κ1) is 19.5. The number of hydrogen-bond acceptors (Lipinski definition) is 6. The van der Waals surface area contributed by atoms with Crippen molar-refractivity contribution >= 4 is 0 Å². The molecule has 4 aromatic rings. The van der Waals surface area contributed by atoms with Crippen LogP contribution in [0.4, 0.5) is 35.1 Å². The van der Waals surface area contributed by atoms with Crippen LogP contribution in [-0.2, 0) is 0 Å². The monoisotopic (exact) mass is 434 g/mol. The first-order valence-electron chi connectivity index (χ1n) is 7.50. The summed E-state index contributed by atoms with van der Waals surface area (Å²) in [7, 11) is 0. The summed E-state index contributed by atoms with van der Waals surface area (Å²) in [5.74, 6) is -17.6. The largest absolute Gasteiger partial charge is 0.439 e. The molecule has 0 atom stereocenters. The fourth-order valence-electron chi connectivity index (χ4n) is 2.56. The third kappa shape index (κ3) is 2.79. The van der Waals surface area contributed by atoms with Gasteiger partial charge >= 0.3 is 0 Å². The SMILES string of the molecule is Fc1nc(F)c(F)c(-c2ncoc2-c2ocnc2-c2c(F)c(F)nc(F)c2F)c1F. The van der Waals surface area contributed by atoms with Crippen LogP contribution in [-0.4, -0.2) is 19.9 Å². The fourth-order valence-corrected chi connectivity index (χ4v) is 2.56. The molecule has 0 saturated heterocycles. The Labute approximate surface area is 158 Å². The zero-order valence-corrected chi connectivity index (χ0v) is 13.8. The highest BCUT2D eigenvalue weighted by atomic mass is 19.2. The molecular weight excluding hydrogens is 432 g/mol. The van der Waals surface area contributed by atoms with Gasteiger partial charge in [0.15, 0.2) is 47.6 Å². The van der Waals surface area contributed by atoms with E-state index in [0.717, 1.165) is 0 Å². The molecule has 0 fully saturated rings. The Hall–Kier alpha value is -3.84. The van der Waals surface area contributed by atoms with Crippen LogP contribution >= 0.6 is 0 Å². The van der Waals surface area contributed by atoms with Crippen LogP contribution < -0.4 is 0 Å². The van der Waals surface area contributed by atoms with Crippen LogP contribution in [0, 0.1) is 47.1 Å². The van der Waals surface area contributed by atoms with E-state index in [-0.39, 0.29) is 0 Å². The highest BCUT2D eigenvalue weighted by Crippen LogP contribution is 2.40. The molecule has 0 N–H and O–H groups in total. The Bertz CT molecular complexity index is 1150. The van der Waals surface area contributed by atoms with Crippen molar-refractivity contribution in [3.05, 3.63) is 59.8 Å². The predicted octanol–water partition coefficient (Wildman–Crippen LogP) is 4.57. The summed E-state index contributed by atoms with van der Waals surface area (Å²) >= 11 is 0. The Morgan fingerprint density at radius 2 is 0.800 bits per heavy atom. The minimum Gasteiger partial charge on any atom is -0.439 e. The van der Waals surface area contributed by atoms with Gasteiger partial charge in [0.05, 0.1) is 11.1 Å². The Morgan fingerprint density at radius 3 is 1.10 bits per heavy atom. The first-order valence-corrected chi connectivity index (χ1v) is 7.50. The van der Waals surface area contributed by atoms with Gasteiger partial charge in [-0.05, 0) is 0 Å². The van der Waals surface area contributed by atoms with Gasteiger partial charge < -0.3 is 8.83 Å². The molecule has 6 nitrogen and oxygen atoms in total. The third-order valence-electron chi connectivity index (χ3n) is 3.81. The van der Waals surface area contributed by atoms with Crippen molar-refractivity contribution in [2.45, 2.75) is 0 Å². The Kier molecular flexibility index (Phi) is 4.47. The smallest absolute Gasteiger partial charge is 0.252 e. The summed E-state index contributed by atoms with van der Waals surface area (Å²) in [5, 5.41) is 0.